The summed E-state index contributed by atoms with van der Waals surface area (Å²) in [7, 11) is 1.63. The molecular weight excluding hydrogens is 411 g/mol. The van der Waals surface area contributed by atoms with Gasteiger partial charge < -0.3 is 5.32 Å². The fourth-order valence-electron chi connectivity index (χ4n) is 3.43. The molecule has 1 aromatic carbocycles. The highest BCUT2D eigenvalue weighted by molar-refractivity contribution is 6.07. The molecule has 4 aromatic heterocycles. The number of aryl methyl sites for hydroxylation is 2. The Morgan fingerprint density at radius 2 is 1.97 bits per heavy atom. The Bertz CT molecular complexity index is 1460. The molecular formula is C22H17FN8O. The van der Waals surface area contributed by atoms with E-state index in [9.17, 15) is 9.18 Å². The van der Waals surface area contributed by atoms with Crippen molar-refractivity contribution in [2.75, 3.05) is 5.32 Å². The summed E-state index contributed by atoms with van der Waals surface area (Å²) in [4.78, 5) is 17.5. The minimum Gasteiger partial charge on any atom is -0.318 e. The van der Waals surface area contributed by atoms with Crippen LogP contribution < -0.4 is 5.32 Å². The van der Waals surface area contributed by atoms with Gasteiger partial charge in [-0.15, -0.1) is 5.10 Å². The number of hydrogen-bond acceptors (Lipinski definition) is 6. The molecule has 0 aliphatic heterocycles. The third kappa shape index (κ3) is 3.37. The number of nitrogens with one attached hydrogen (secondary N) is 1. The summed E-state index contributed by atoms with van der Waals surface area (Å²) in [5.41, 5.74) is 3.30. The Morgan fingerprint density at radius 1 is 1.16 bits per heavy atom. The summed E-state index contributed by atoms with van der Waals surface area (Å²) in [6.45, 7) is 1.86. The van der Waals surface area contributed by atoms with E-state index in [0.29, 0.717) is 22.7 Å². The third-order valence-corrected chi connectivity index (χ3v) is 5.04. The molecule has 0 saturated heterocycles. The van der Waals surface area contributed by atoms with E-state index in [1.54, 1.807) is 19.3 Å². The van der Waals surface area contributed by atoms with E-state index in [0.717, 1.165) is 11.1 Å². The van der Waals surface area contributed by atoms with Crippen molar-refractivity contribution in [3.8, 4) is 22.6 Å². The lowest BCUT2D eigenvalue weighted by Gasteiger charge is -2.09. The van der Waals surface area contributed by atoms with Gasteiger partial charge in [-0.1, -0.05) is 30.3 Å². The fourth-order valence-corrected chi connectivity index (χ4v) is 3.43. The van der Waals surface area contributed by atoms with E-state index in [2.05, 4.69) is 30.7 Å². The number of nitrogens with zero attached hydrogens (tertiary/aromatic N) is 7. The van der Waals surface area contributed by atoms with Crippen molar-refractivity contribution in [3.05, 3.63) is 78.1 Å². The number of benzene rings is 1. The van der Waals surface area contributed by atoms with Crippen LogP contribution in [0.3, 0.4) is 0 Å². The normalized spacial score (nSPS) is 11.1. The standard InChI is InChI=1S/C22H17FN8O/c1-13-8-9-24-28-19(13)15-11-25-30(2)20(15)22(32)26-17-10-18-27-21(14-6-4-3-5-7-14)29-31(18)12-16(17)23/h3-12H,1-2H3,(H,26,32). The topological polar surface area (TPSA) is 103 Å². The first kappa shape index (κ1) is 19.5. The number of carbonyl (C=O) groups is 1. The Kier molecular flexibility index (Phi) is 4.66. The van der Waals surface area contributed by atoms with Crippen molar-refractivity contribution in [1.82, 2.24) is 34.6 Å². The van der Waals surface area contributed by atoms with Crippen molar-refractivity contribution >= 4 is 17.2 Å². The molecule has 5 rings (SSSR count). The van der Waals surface area contributed by atoms with Crippen LogP contribution in [0.5, 0.6) is 0 Å². The van der Waals surface area contributed by atoms with Crippen molar-refractivity contribution in [2.45, 2.75) is 6.92 Å². The van der Waals surface area contributed by atoms with Crippen molar-refractivity contribution < 1.29 is 9.18 Å². The summed E-state index contributed by atoms with van der Waals surface area (Å²) in [6, 6.07) is 12.6. The van der Waals surface area contributed by atoms with E-state index in [1.165, 1.54) is 27.7 Å². The van der Waals surface area contributed by atoms with Crippen molar-refractivity contribution in [2.24, 2.45) is 7.05 Å². The molecule has 0 atom stereocenters. The van der Waals surface area contributed by atoms with Gasteiger partial charge in [0.25, 0.3) is 5.91 Å². The van der Waals surface area contributed by atoms with Crippen LogP contribution >= 0.6 is 0 Å². The quantitative estimate of drug-likeness (QED) is 0.471. The first-order valence-corrected chi connectivity index (χ1v) is 9.74. The van der Waals surface area contributed by atoms with Crippen molar-refractivity contribution in [1.29, 1.82) is 0 Å². The number of halogens is 1. The maximum absolute atomic E-state index is 14.8. The lowest BCUT2D eigenvalue weighted by Crippen LogP contribution is -2.18. The molecule has 1 amide bonds. The Hall–Kier alpha value is -4.47. The minimum absolute atomic E-state index is 0.0162. The first-order valence-electron chi connectivity index (χ1n) is 9.74. The average Bonchev–Trinajstić information content (AvgIpc) is 3.38. The second kappa shape index (κ2) is 7.65. The molecule has 1 N–H and O–H groups in total. The number of carbonyl (C=O) groups excluding carboxylic acids is 1. The molecule has 32 heavy (non-hydrogen) atoms. The van der Waals surface area contributed by atoms with Gasteiger partial charge in [0.1, 0.15) is 5.69 Å². The van der Waals surface area contributed by atoms with Crippen LogP contribution in [0.1, 0.15) is 16.1 Å². The van der Waals surface area contributed by atoms with E-state index >= 15 is 0 Å². The second-order valence-corrected chi connectivity index (χ2v) is 7.19. The van der Waals surface area contributed by atoms with Gasteiger partial charge in [0, 0.05) is 24.9 Å². The zero-order chi connectivity index (χ0) is 22.2. The highest BCUT2D eigenvalue weighted by atomic mass is 19.1. The van der Waals surface area contributed by atoms with Crippen LogP contribution in [0, 0.1) is 12.7 Å². The highest BCUT2D eigenvalue weighted by Crippen LogP contribution is 2.26. The summed E-state index contributed by atoms with van der Waals surface area (Å²) in [5, 5.41) is 19.1. The molecule has 0 spiro atoms. The Balaban J connectivity index is 1.50. The van der Waals surface area contributed by atoms with Gasteiger partial charge in [0.05, 0.1) is 29.3 Å². The smallest absolute Gasteiger partial charge is 0.274 e. The van der Waals surface area contributed by atoms with E-state index < -0.39 is 11.7 Å². The van der Waals surface area contributed by atoms with E-state index in [1.807, 2.05) is 37.3 Å². The molecule has 0 bridgehead atoms. The maximum Gasteiger partial charge on any atom is 0.274 e. The predicted molar refractivity (Wildman–Crippen MR) is 115 cm³/mol. The molecule has 158 valence electrons. The number of hydrogen-bond donors (Lipinski definition) is 1. The van der Waals surface area contributed by atoms with Gasteiger partial charge >= 0.3 is 0 Å². The van der Waals surface area contributed by atoms with Gasteiger partial charge in [-0.3, -0.25) is 9.48 Å². The van der Waals surface area contributed by atoms with Crippen molar-refractivity contribution in [3.63, 3.8) is 0 Å². The SMILES string of the molecule is Cc1ccnnc1-c1cnn(C)c1C(=O)Nc1cc2nc(-c3ccccc3)nn2cc1F. The lowest BCUT2D eigenvalue weighted by atomic mass is 10.1. The van der Waals surface area contributed by atoms with Gasteiger partial charge in [-0.2, -0.15) is 15.3 Å². The average molecular weight is 428 g/mol. The predicted octanol–water partition coefficient (Wildman–Crippen LogP) is 3.29. The molecule has 5 aromatic rings. The number of rotatable bonds is 4. The minimum atomic E-state index is -0.644. The highest BCUT2D eigenvalue weighted by Gasteiger charge is 2.22. The summed E-state index contributed by atoms with van der Waals surface area (Å²) in [6.07, 6.45) is 4.29. The molecule has 4 heterocycles. The van der Waals surface area contributed by atoms with E-state index in [4.69, 9.17) is 0 Å². The monoisotopic (exact) mass is 428 g/mol. The number of aromatic nitrogens is 7. The number of amides is 1. The summed E-state index contributed by atoms with van der Waals surface area (Å²) in [5.74, 6) is -0.716. The second-order valence-electron chi connectivity index (χ2n) is 7.19. The van der Waals surface area contributed by atoms with Crippen LogP contribution in [0.15, 0.2) is 61.1 Å². The fraction of sp³-hybridized carbons (Fsp3) is 0.0909. The number of anilines is 1. The van der Waals surface area contributed by atoms with Crippen LogP contribution in [0.4, 0.5) is 10.1 Å². The summed E-state index contributed by atoms with van der Waals surface area (Å²) >= 11 is 0. The Labute approximate surface area is 181 Å². The van der Waals surface area contributed by atoms with E-state index in [-0.39, 0.29) is 11.4 Å². The van der Waals surface area contributed by atoms with Crippen LogP contribution in [-0.4, -0.2) is 40.5 Å². The molecule has 0 saturated carbocycles. The van der Waals surface area contributed by atoms with Crippen LogP contribution in [-0.2, 0) is 7.05 Å². The van der Waals surface area contributed by atoms with Crippen LogP contribution in [0.2, 0.25) is 0 Å². The largest absolute Gasteiger partial charge is 0.318 e. The van der Waals surface area contributed by atoms with Gasteiger partial charge in [-0.25, -0.2) is 13.9 Å². The molecule has 0 aliphatic carbocycles. The molecule has 0 aliphatic rings. The zero-order valence-electron chi connectivity index (χ0n) is 17.2. The maximum atomic E-state index is 14.8. The third-order valence-electron chi connectivity index (χ3n) is 5.04. The van der Waals surface area contributed by atoms with Gasteiger partial charge in [0.15, 0.2) is 17.3 Å². The Morgan fingerprint density at radius 3 is 2.75 bits per heavy atom. The molecule has 0 radical (unpaired) electrons. The van der Waals surface area contributed by atoms with Gasteiger partial charge in [-0.05, 0) is 18.6 Å². The number of pyridine rings is 1. The molecule has 10 heteroatoms. The van der Waals surface area contributed by atoms with Gasteiger partial charge in [0.2, 0.25) is 0 Å². The molecule has 9 nitrogen and oxygen atoms in total. The zero-order valence-corrected chi connectivity index (χ0v) is 17.2. The molecule has 0 unspecified atom stereocenters. The lowest BCUT2D eigenvalue weighted by molar-refractivity contribution is 0.101. The van der Waals surface area contributed by atoms with Crippen LogP contribution in [0.25, 0.3) is 28.3 Å². The summed E-state index contributed by atoms with van der Waals surface area (Å²) < 4.78 is 17.5. The first-order chi connectivity index (χ1) is 15.5. The number of fused-ring (bicyclic) bond motifs is 1. The molecule has 0 fully saturated rings.